The summed E-state index contributed by atoms with van der Waals surface area (Å²) in [4.78, 5) is 0. The Morgan fingerprint density at radius 1 is 0.481 bits per heavy atom. The van der Waals surface area contributed by atoms with E-state index in [2.05, 4.69) is 0 Å². The van der Waals surface area contributed by atoms with Crippen molar-refractivity contribution >= 4 is 26.9 Å². The van der Waals surface area contributed by atoms with Gasteiger partial charge in [0.15, 0.2) is 0 Å². The van der Waals surface area contributed by atoms with Crippen molar-refractivity contribution < 1.29 is 83.0 Å². The number of alkyl halides is 15. The Hall–Kier alpha value is -0.433. The number of rotatable bonds is 0. The van der Waals surface area contributed by atoms with Crippen molar-refractivity contribution in [3.8, 4) is 0 Å². The molecule has 21 heteroatoms. The second kappa shape index (κ2) is 14.5. The van der Waals surface area contributed by atoms with E-state index in [-0.39, 0.29) is 18.9 Å². The molecule has 1 nitrogen and oxygen atoms in total. The molecule has 0 atom stereocenters. The molecule has 0 heterocycles. The summed E-state index contributed by atoms with van der Waals surface area (Å²) in [5, 5.41) is 0. The van der Waals surface area contributed by atoms with Crippen LogP contribution in [0.4, 0.5) is 78.4 Å². The van der Waals surface area contributed by atoms with Crippen molar-refractivity contribution in [3.05, 3.63) is 0 Å². The van der Waals surface area contributed by atoms with Gasteiger partial charge in [0, 0.05) is 18.9 Å². The van der Waals surface area contributed by atoms with E-state index in [1.807, 2.05) is 0 Å². The van der Waals surface area contributed by atoms with E-state index >= 15 is 0 Å². The maximum absolute atomic E-state index is 10.4. The molecule has 0 aliphatic heterocycles. The van der Waals surface area contributed by atoms with Gasteiger partial charge in [-0.15, -0.1) is 12.6 Å². The zero-order valence-electron chi connectivity index (χ0n) is 11.9. The van der Waals surface area contributed by atoms with E-state index in [0.29, 0.717) is 0 Å². The molecule has 27 heavy (non-hydrogen) atoms. The molecule has 0 unspecified atom stereocenters. The molecular formula is C6H3F18LiOP. The number of hydrogen-bond acceptors (Lipinski definition) is 1. The van der Waals surface area contributed by atoms with Crippen LogP contribution < -0.4 is 0 Å². The van der Waals surface area contributed by atoms with E-state index in [1.165, 1.54) is 0 Å². The molecule has 0 aromatic rings. The van der Waals surface area contributed by atoms with Crippen molar-refractivity contribution in [1.29, 1.82) is 0 Å². The molecule has 0 fully saturated rings. The van der Waals surface area contributed by atoms with Crippen LogP contribution in [0.25, 0.3) is 0 Å². The maximum Gasteiger partial charge on any atom is 0.591 e. The quantitative estimate of drug-likeness (QED) is 0.210. The average Bonchev–Trinajstić information content (AvgIpc) is 2.23. The van der Waals surface area contributed by atoms with Gasteiger partial charge in [-0.3, -0.25) is 0 Å². The van der Waals surface area contributed by atoms with Crippen molar-refractivity contribution in [3.63, 3.8) is 0 Å². The minimum atomic E-state index is -6.14. The van der Waals surface area contributed by atoms with Crippen molar-refractivity contribution in [2.45, 2.75) is 37.8 Å². The molecule has 0 spiro atoms. The van der Waals surface area contributed by atoms with E-state index in [0.717, 1.165) is 0 Å². The van der Waals surface area contributed by atoms with Crippen LogP contribution in [-0.2, 0) is 4.57 Å². The molecule has 0 saturated carbocycles. The predicted octanol–water partition coefficient (Wildman–Crippen LogP) is 7.06. The van der Waals surface area contributed by atoms with Crippen LogP contribution in [0.5, 0.6) is 0 Å². The minimum Gasteiger partial charge on any atom is -0.215 e. The average molecular weight is 471 g/mol. The Labute approximate surface area is 149 Å². The molecule has 0 aliphatic rings. The Balaban J connectivity index is -0.0000000793. The Morgan fingerprint density at radius 3 is 0.519 bits per heavy atom. The molecule has 0 rings (SSSR count). The molecular weight excluding hydrogens is 468 g/mol. The molecule has 0 aromatic carbocycles. The predicted molar refractivity (Wildman–Crippen MR) is 52.9 cm³/mol. The molecule has 0 saturated heterocycles. The van der Waals surface area contributed by atoms with Gasteiger partial charge in [-0.1, -0.05) is 0 Å². The molecule has 165 valence electrons. The SMILES string of the molecule is FC(F)C(F)(F)F.FC(F)C(F)(F)F.FC(F)C(F)(F)F.O=P(F)(F)F.[Li]. The molecule has 1 radical (unpaired) electrons. The topological polar surface area (TPSA) is 17.1 Å². The first-order valence-electron chi connectivity index (χ1n) is 4.57. The van der Waals surface area contributed by atoms with Crippen LogP contribution in [-0.4, -0.2) is 56.7 Å². The summed E-state index contributed by atoms with van der Waals surface area (Å²) in [6.45, 7) is 0. The van der Waals surface area contributed by atoms with Crippen LogP contribution in [0, 0.1) is 0 Å². The number of halogens is 18. The smallest absolute Gasteiger partial charge is 0.215 e. The van der Waals surface area contributed by atoms with Gasteiger partial charge >= 0.3 is 45.9 Å². The largest absolute Gasteiger partial charge is 0.591 e. The minimum absolute atomic E-state index is 0. The maximum atomic E-state index is 10.4. The normalized spacial score (nSPS) is 12.2. The Morgan fingerprint density at radius 2 is 0.519 bits per heavy atom. The van der Waals surface area contributed by atoms with Gasteiger partial charge in [0.05, 0.1) is 0 Å². The van der Waals surface area contributed by atoms with Crippen molar-refractivity contribution in [2.75, 3.05) is 0 Å². The molecule has 0 bridgehead atoms. The third-order valence-electron chi connectivity index (χ3n) is 0.742. The van der Waals surface area contributed by atoms with Crippen LogP contribution in [0.3, 0.4) is 0 Å². The summed E-state index contributed by atoms with van der Waals surface area (Å²) in [6, 6.07) is 0. The van der Waals surface area contributed by atoms with Gasteiger partial charge in [-0.2, -0.15) is 39.5 Å². The third-order valence-corrected chi connectivity index (χ3v) is 0.742. The molecule has 0 aromatic heterocycles. The second-order valence-corrected chi connectivity index (χ2v) is 3.72. The fourth-order valence-electron chi connectivity index (χ4n) is 0. The summed E-state index contributed by atoms with van der Waals surface area (Å²) >= 11 is 0. The van der Waals surface area contributed by atoms with E-state index < -0.39 is 45.9 Å². The van der Waals surface area contributed by atoms with Crippen LogP contribution in [0.15, 0.2) is 0 Å². The van der Waals surface area contributed by atoms with Gasteiger partial charge in [0.1, 0.15) is 0 Å². The summed E-state index contributed by atoms with van der Waals surface area (Å²) in [7, 11) is -6.14. The first kappa shape index (κ1) is 37.3. The van der Waals surface area contributed by atoms with Crippen LogP contribution in [0.2, 0.25) is 0 Å². The van der Waals surface area contributed by atoms with E-state index in [9.17, 15) is 78.4 Å². The van der Waals surface area contributed by atoms with E-state index in [1.54, 1.807) is 0 Å². The van der Waals surface area contributed by atoms with E-state index in [4.69, 9.17) is 4.57 Å². The molecule has 0 aliphatic carbocycles. The van der Waals surface area contributed by atoms with Gasteiger partial charge in [0.2, 0.25) is 0 Å². The number of hydrogen-bond donors (Lipinski definition) is 0. The summed E-state index contributed by atoms with van der Waals surface area (Å²) in [6.07, 6.45) is -28.6. The molecule has 0 N–H and O–H groups in total. The Kier molecular flexibility index (Phi) is 20.1. The summed E-state index contributed by atoms with van der Waals surface area (Å²) in [5.74, 6) is 0. The second-order valence-electron chi connectivity index (χ2n) is 2.93. The third kappa shape index (κ3) is 46.0. The zero-order chi connectivity index (χ0) is 22.7. The standard InChI is InChI=1S/3C2HF5.F3OP.Li/c3*3-1(4)2(5,6)7;1-5(2,3)4;/h3*1H;;. The summed E-state index contributed by atoms with van der Waals surface area (Å²) in [5.41, 5.74) is 0. The van der Waals surface area contributed by atoms with Crippen molar-refractivity contribution in [2.24, 2.45) is 0 Å². The first-order valence-corrected chi connectivity index (χ1v) is 5.95. The van der Waals surface area contributed by atoms with Gasteiger partial charge in [0.25, 0.3) is 0 Å². The fourth-order valence-corrected chi connectivity index (χ4v) is 0. The fraction of sp³-hybridized carbons (Fsp3) is 1.00. The van der Waals surface area contributed by atoms with Gasteiger partial charge in [-0.05, 0) is 0 Å². The van der Waals surface area contributed by atoms with Crippen molar-refractivity contribution in [1.82, 2.24) is 0 Å². The Bertz CT molecular complexity index is 326. The summed E-state index contributed by atoms with van der Waals surface area (Å²) < 4.78 is 194. The molecule has 0 amide bonds. The van der Waals surface area contributed by atoms with Crippen LogP contribution in [0.1, 0.15) is 0 Å². The van der Waals surface area contributed by atoms with Crippen LogP contribution >= 0.6 is 8.07 Å². The first-order chi connectivity index (χ1) is 10.8. The van der Waals surface area contributed by atoms with Gasteiger partial charge < -0.3 is 0 Å². The zero-order valence-corrected chi connectivity index (χ0v) is 12.8. The monoisotopic (exact) mass is 471 g/mol. The van der Waals surface area contributed by atoms with Gasteiger partial charge in [-0.25, -0.2) is 30.9 Å².